The highest BCUT2D eigenvalue weighted by atomic mass is 35.5. The van der Waals surface area contributed by atoms with Crippen molar-refractivity contribution in [2.45, 2.75) is 13.3 Å². The number of benzene rings is 1. The van der Waals surface area contributed by atoms with Gasteiger partial charge in [0.05, 0.1) is 0 Å². The predicted octanol–water partition coefficient (Wildman–Crippen LogP) is 3.33. The van der Waals surface area contributed by atoms with E-state index in [9.17, 15) is 4.79 Å². The normalized spacial score (nSPS) is 10.5. The molecule has 0 aliphatic rings. The number of rotatable bonds is 6. The molecule has 3 rings (SSSR count). The molecule has 0 atom stereocenters. The van der Waals surface area contributed by atoms with Crippen LogP contribution in [-0.4, -0.2) is 27.6 Å². The van der Waals surface area contributed by atoms with Crippen molar-refractivity contribution in [2.24, 2.45) is 0 Å². The number of aryl methyl sites for hydroxylation is 1. The molecule has 3 aromatic rings. The van der Waals surface area contributed by atoms with Gasteiger partial charge in [-0.2, -0.15) is 0 Å². The summed E-state index contributed by atoms with van der Waals surface area (Å²) in [6.07, 6.45) is 2.29. The lowest BCUT2D eigenvalue weighted by Gasteiger charge is -2.06. The fourth-order valence-corrected chi connectivity index (χ4v) is 2.40. The Morgan fingerprint density at radius 3 is 2.92 bits per heavy atom. The Morgan fingerprint density at radius 1 is 1.28 bits per heavy atom. The van der Waals surface area contributed by atoms with Gasteiger partial charge in [0.2, 0.25) is 5.95 Å². The van der Waals surface area contributed by atoms with E-state index < -0.39 is 0 Å². The van der Waals surface area contributed by atoms with Crippen LogP contribution in [-0.2, 0) is 6.42 Å². The molecule has 0 unspecified atom stereocenters. The molecule has 0 aliphatic heterocycles. The summed E-state index contributed by atoms with van der Waals surface area (Å²) in [6.45, 7) is 2.36. The van der Waals surface area contributed by atoms with Gasteiger partial charge in [-0.05, 0) is 37.1 Å². The van der Waals surface area contributed by atoms with Crippen LogP contribution in [0.2, 0.25) is 5.02 Å². The number of nitrogens with one attached hydrogen (secondary N) is 2. The molecule has 0 bridgehead atoms. The van der Waals surface area contributed by atoms with Gasteiger partial charge in [0.25, 0.3) is 5.91 Å². The van der Waals surface area contributed by atoms with E-state index in [0.29, 0.717) is 29.1 Å². The standard InChI is InChI=1S/C17H16ClN5O2/c1-11-9-15(23-25-11)22-16(24)14-6-8-20-17(21-14)19-7-5-12-3-2-4-13(18)10-12/h2-4,6,8-10H,5,7H2,1H3,(H,19,20,21)(H,22,23,24). The van der Waals surface area contributed by atoms with Crippen LogP contribution in [0.4, 0.5) is 11.8 Å². The predicted molar refractivity (Wildman–Crippen MR) is 94.9 cm³/mol. The summed E-state index contributed by atoms with van der Waals surface area (Å²) in [5.74, 6) is 0.956. The van der Waals surface area contributed by atoms with Crippen LogP contribution in [0, 0.1) is 6.92 Å². The number of halogens is 1. The third-order valence-corrected chi connectivity index (χ3v) is 3.58. The lowest BCUT2D eigenvalue weighted by molar-refractivity contribution is 0.102. The maximum atomic E-state index is 12.2. The number of amides is 1. The third-order valence-electron chi connectivity index (χ3n) is 3.34. The number of aromatic nitrogens is 3. The van der Waals surface area contributed by atoms with Crippen LogP contribution in [0.25, 0.3) is 0 Å². The van der Waals surface area contributed by atoms with Crippen LogP contribution in [0.15, 0.2) is 47.1 Å². The van der Waals surface area contributed by atoms with Crippen LogP contribution in [0.5, 0.6) is 0 Å². The third kappa shape index (κ3) is 4.77. The van der Waals surface area contributed by atoms with Crippen molar-refractivity contribution in [3.63, 3.8) is 0 Å². The summed E-state index contributed by atoms with van der Waals surface area (Å²) < 4.78 is 4.91. The number of carbonyl (C=O) groups is 1. The second-order valence-corrected chi connectivity index (χ2v) is 5.79. The fraction of sp³-hybridized carbons (Fsp3) is 0.176. The molecule has 0 aliphatic carbocycles. The highest BCUT2D eigenvalue weighted by Crippen LogP contribution is 2.12. The monoisotopic (exact) mass is 357 g/mol. The van der Waals surface area contributed by atoms with Crippen molar-refractivity contribution in [2.75, 3.05) is 17.2 Å². The minimum absolute atomic E-state index is 0.237. The van der Waals surface area contributed by atoms with Crippen LogP contribution in [0.3, 0.4) is 0 Å². The molecule has 0 radical (unpaired) electrons. The Balaban J connectivity index is 1.58. The Bertz CT molecular complexity index is 881. The van der Waals surface area contributed by atoms with Crippen molar-refractivity contribution >= 4 is 29.3 Å². The number of hydrogen-bond acceptors (Lipinski definition) is 6. The first-order valence-corrected chi connectivity index (χ1v) is 8.04. The molecule has 25 heavy (non-hydrogen) atoms. The molecule has 8 heteroatoms. The van der Waals surface area contributed by atoms with E-state index in [2.05, 4.69) is 25.8 Å². The molecule has 2 N–H and O–H groups in total. The van der Waals surface area contributed by atoms with E-state index in [1.807, 2.05) is 24.3 Å². The summed E-state index contributed by atoms with van der Waals surface area (Å²) in [5, 5.41) is 10.1. The Labute approximate surface area is 149 Å². The summed E-state index contributed by atoms with van der Waals surface area (Å²) in [7, 11) is 0. The van der Waals surface area contributed by atoms with Crippen molar-refractivity contribution in [1.82, 2.24) is 15.1 Å². The zero-order chi connectivity index (χ0) is 17.6. The van der Waals surface area contributed by atoms with Gasteiger partial charge in [-0.3, -0.25) is 4.79 Å². The lowest BCUT2D eigenvalue weighted by atomic mass is 10.1. The Hall–Kier alpha value is -2.93. The fourth-order valence-electron chi connectivity index (χ4n) is 2.19. The number of carbonyl (C=O) groups excluding carboxylic acids is 1. The number of hydrogen-bond donors (Lipinski definition) is 2. The van der Waals surface area contributed by atoms with E-state index in [1.54, 1.807) is 13.0 Å². The maximum absolute atomic E-state index is 12.2. The minimum Gasteiger partial charge on any atom is -0.360 e. The van der Waals surface area contributed by atoms with Crippen molar-refractivity contribution in [1.29, 1.82) is 0 Å². The van der Waals surface area contributed by atoms with Gasteiger partial charge in [-0.25, -0.2) is 9.97 Å². The molecule has 0 saturated heterocycles. The maximum Gasteiger partial charge on any atom is 0.275 e. The summed E-state index contributed by atoms with van der Waals surface area (Å²) in [4.78, 5) is 20.5. The molecule has 7 nitrogen and oxygen atoms in total. The van der Waals surface area contributed by atoms with Gasteiger partial charge in [0, 0.05) is 23.8 Å². The second kappa shape index (κ2) is 7.76. The van der Waals surface area contributed by atoms with Crippen molar-refractivity contribution < 1.29 is 9.32 Å². The average molecular weight is 358 g/mol. The summed E-state index contributed by atoms with van der Waals surface area (Å²) in [6, 6.07) is 10.8. The molecule has 0 fully saturated rings. The molecule has 1 aromatic carbocycles. The van der Waals surface area contributed by atoms with Gasteiger partial charge in [0.1, 0.15) is 11.5 Å². The molecule has 0 saturated carbocycles. The van der Waals surface area contributed by atoms with Crippen LogP contribution in [0.1, 0.15) is 21.8 Å². The van der Waals surface area contributed by atoms with E-state index in [4.69, 9.17) is 16.1 Å². The SMILES string of the molecule is Cc1cc(NC(=O)c2ccnc(NCCc3cccc(Cl)c3)n2)no1. The van der Waals surface area contributed by atoms with Crippen LogP contribution < -0.4 is 10.6 Å². The first-order chi connectivity index (χ1) is 12.1. The summed E-state index contributed by atoms with van der Waals surface area (Å²) >= 11 is 5.96. The van der Waals surface area contributed by atoms with Gasteiger partial charge in [0.15, 0.2) is 5.82 Å². The largest absolute Gasteiger partial charge is 0.360 e. The smallest absolute Gasteiger partial charge is 0.275 e. The molecule has 1 amide bonds. The lowest BCUT2D eigenvalue weighted by Crippen LogP contribution is -2.16. The van der Waals surface area contributed by atoms with Gasteiger partial charge in [-0.15, -0.1) is 0 Å². The number of anilines is 2. The average Bonchev–Trinajstić information content (AvgIpc) is 3.00. The second-order valence-electron chi connectivity index (χ2n) is 5.35. The zero-order valence-corrected chi connectivity index (χ0v) is 14.2. The van der Waals surface area contributed by atoms with Crippen molar-refractivity contribution in [3.05, 3.63) is 64.6 Å². The number of nitrogens with zero attached hydrogens (tertiary/aromatic N) is 3. The van der Waals surface area contributed by atoms with Crippen LogP contribution >= 0.6 is 11.6 Å². The molecule has 128 valence electrons. The van der Waals surface area contributed by atoms with Gasteiger partial charge < -0.3 is 15.2 Å². The quantitative estimate of drug-likeness (QED) is 0.702. The van der Waals surface area contributed by atoms with Gasteiger partial charge in [-0.1, -0.05) is 28.9 Å². The van der Waals surface area contributed by atoms with E-state index in [1.165, 1.54) is 12.3 Å². The highest BCUT2D eigenvalue weighted by molar-refractivity contribution is 6.30. The van der Waals surface area contributed by atoms with E-state index >= 15 is 0 Å². The zero-order valence-electron chi connectivity index (χ0n) is 13.5. The molecule has 2 heterocycles. The first kappa shape index (κ1) is 16.9. The van der Waals surface area contributed by atoms with Crippen molar-refractivity contribution in [3.8, 4) is 0 Å². The molecule has 0 spiro atoms. The van der Waals surface area contributed by atoms with E-state index in [-0.39, 0.29) is 11.6 Å². The molecular weight excluding hydrogens is 342 g/mol. The Morgan fingerprint density at radius 2 is 2.16 bits per heavy atom. The first-order valence-electron chi connectivity index (χ1n) is 7.66. The van der Waals surface area contributed by atoms with Gasteiger partial charge >= 0.3 is 0 Å². The van der Waals surface area contributed by atoms with E-state index in [0.717, 1.165) is 12.0 Å². The molecule has 2 aromatic heterocycles. The minimum atomic E-state index is -0.381. The Kier molecular flexibility index (Phi) is 5.25. The molecular formula is C17H16ClN5O2. The highest BCUT2D eigenvalue weighted by Gasteiger charge is 2.11. The summed E-state index contributed by atoms with van der Waals surface area (Å²) in [5.41, 5.74) is 1.34. The topological polar surface area (TPSA) is 92.9 Å².